The Bertz CT molecular complexity index is 841. The third-order valence-corrected chi connectivity index (χ3v) is 5.53. The summed E-state index contributed by atoms with van der Waals surface area (Å²) < 4.78 is 5.78. The highest BCUT2D eigenvalue weighted by atomic mass is 16.5. The van der Waals surface area contributed by atoms with Crippen molar-refractivity contribution >= 4 is 11.8 Å². The average molecular weight is 393 g/mol. The fraction of sp³-hybridized carbons (Fsp3) is 0.391. The third kappa shape index (κ3) is 4.95. The molecular weight excluding hydrogens is 366 g/mol. The Morgan fingerprint density at radius 2 is 1.55 bits per heavy atom. The summed E-state index contributed by atoms with van der Waals surface area (Å²) in [6.07, 6.45) is 2.19. The topological polar surface area (TPSA) is 61.9 Å². The van der Waals surface area contributed by atoms with Crippen LogP contribution in [0.1, 0.15) is 30.1 Å². The van der Waals surface area contributed by atoms with Gasteiger partial charge in [-0.2, -0.15) is 0 Å². The van der Waals surface area contributed by atoms with Gasteiger partial charge in [-0.1, -0.05) is 18.2 Å². The van der Waals surface area contributed by atoms with E-state index in [4.69, 9.17) is 4.74 Å². The summed E-state index contributed by atoms with van der Waals surface area (Å²) in [5.41, 5.74) is 0.651. The molecule has 29 heavy (non-hydrogen) atoms. The van der Waals surface area contributed by atoms with Crippen LogP contribution in [0.5, 0.6) is 11.5 Å². The van der Waals surface area contributed by atoms with E-state index in [1.807, 2.05) is 54.3 Å². The van der Waals surface area contributed by atoms with E-state index in [0.717, 1.165) is 18.6 Å². The van der Waals surface area contributed by atoms with E-state index in [2.05, 4.69) is 10.2 Å². The van der Waals surface area contributed by atoms with E-state index in [1.54, 1.807) is 12.1 Å². The normalized spacial score (nSPS) is 18.2. The lowest BCUT2D eigenvalue weighted by molar-refractivity contribution is -0.126. The number of rotatable bonds is 6. The third-order valence-electron chi connectivity index (χ3n) is 5.53. The van der Waals surface area contributed by atoms with Gasteiger partial charge in [0, 0.05) is 37.8 Å². The second kappa shape index (κ2) is 8.66. The van der Waals surface area contributed by atoms with Gasteiger partial charge in [0.2, 0.25) is 5.91 Å². The number of carbonyl (C=O) groups is 2. The van der Waals surface area contributed by atoms with Crippen LogP contribution in [0.15, 0.2) is 54.6 Å². The second-order valence-electron chi connectivity index (χ2n) is 7.73. The molecule has 1 heterocycles. The molecule has 152 valence electrons. The number of para-hydroxylation sites is 1. The first-order chi connectivity index (χ1) is 14.1. The highest BCUT2D eigenvalue weighted by molar-refractivity contribution is 5.94. The predicted octanol–water partition coefficient (Wildman–Crippen LogP) is 2.90. The molecule has 0 spiro atoms. The zero-order chi connectivity index (χ0) is 20.2. The molecule has 6 heteroatoms. The molecule has 1 saturated heterocycles. The first kappa shape index (κ1) is 19.5. The molecule has 1 unspecified atom stereocenters. The van der Waals surface area contributed by atoms with Crippen LogP contribution in [0.3, 0.4) is 0 Å². The minimum Gasteiger partial charge on any atom is -0.457 e. The van der Waals surface area contributed by atoms with E-state index in [1.165, 1.54) is 0 Å². The first-order valence-corrected chi connectivity index (χ1v) is 10.3. The van der Waals surface area contributed by atoms with Gasteiger partial charge in [0.25, 0.3) is 5.91 Å². The molecule has 1 N–H and O–H groups in total. The zero-order valence-electron chi connectivity index (χ0n) is 16.7. The Morgan fingerprint density at radius 1 is 0.931 bits per heavy atom. The Balaban J connectivity index is 1.29. The number of nitrogens with zero attached hydrogens (tertiary/aromatic N) is 2. The van der Waals surface area contributed by atoms with Crippen molar-refractivity contribution in [3.8, 4) is 11.5 Å². The first-order valence-electron chi connectivity index (χ1n) is 10.3. The Hall–Kier alpha value is -2.86. The molecule has 4 rings (SSSR count). The van der Waals surface area contributed by atoms with Gasteiger partial charge in [0.1, 0.15) is 11.5 Å². The summed E-state index contributed by atoms with van der Waals surface area (Å²) in [5, 5.41) is 3.06. The maximum Gasteiger partial charge on any atom is 0.253 e. The van der Waals surface area contributed by atoms with Gasteiger partial charge in [0.05, 0.1) is 6.04 Å². The number of benzene rings is 2. The molecule has 0 aromatic heterocycles. The second-order valence-corrected chi connectivity index (χ2v) is 7.73. The molecule has 1 aliphatic heterocycles. The van der Waals surface area contributed by atoms with Crippen LogP contribution in [0.4, 0.5) is 0 Å². The minimum absolute atomic E-state index is 0.0194. The van der Waals surface area contributed by atoms with E-state index >= 15 is 0 Å². The number of hydrogen-bond donors (Lipinski definition) is 1. The van der Waals surface area contributed by atoms with Crippen LogP contribution in [-0.2, 0) is 4.79 Å². The Morgan fingerprint density at radius 3 is 2.17 bits per heavy atom. The number of carbonyl (C=O) groups excluding carboxylic acids is 2. The number of piperazine rings is 1. The molecular formula is C23H27N3O3. The maximum atomic E-state index is 12.8. The van der Waals surface area contributed by atoms with E-state index < -0.39 is 0 Å². The van der Waals surface area contributed by atoms with Gasteiger partial charge < -0.3 is 15.0 Å². The van der Waals surface area contributed by atoms with Crippen LogP contribution in [0.25, 0.3) is 0 Å². The number of ether oxygens (including phenoxy) is 1. The SMILES string of the molecule is CC(C(=O)NC1CC1)N1CCN(C(=O)c2ccc(Oc3ccccc3)cc2)CC1. The highest BCUT2D eigenvalue weighted by Crippen LogP contribution is 2.22. The smallest absolute Gasteiger partial charge is 0.253 e. The molecule has 2 aromatic carbocycles. The maximum absolute atomic E-state index is 12.8. The lowest BCUT2D eigenvalue weighted by atomic mass is 10.1. The fourth-order valence-corrected chi connectivity index (χ4v) is 3.50. The molecule has 2 aromatic rings. The van der Waals surface area contributed by atoms with Crippen molar-refractivity contribution in [3.05, 3.63) is 60.2 Å². The summed E-state index contributed by atoms with van der Waals surface area (Å²) in [6.45, 7) is 4.62. The van der Waals surface area contributed by atoms with Crippen molar-refractivity contribution in [2.45, 2.75) is 31.8 Å². The van der Waals surface area contributed by atoms with Crippen molar-refractivity contribution in [1.82, 2.24) is 15.1 Å². The minimum atomic E-state index is -0.151. The Labute approximate surface area is 171 Å². The van der Waals surface area contributed by atoms with Crippen molar-refractivity contribution in [2.75, 3.05) is 26.2 Å². The molecule has 0 radical (unpaired) electrons. The average Bonchev–Trinajstić information content (AvgIpc) is 3.58. The molecule has 1 atom stereocenters. The molecule has 6 nitrogen and oxygen atoms in total. The molecule has 2 aliphatic rings. The van der Waals surface area contributed by atoms with Crippen molar-refractivity contribution < 1.29 is 14.3 Å². The van der Waals surface area contributed by atoms with Gasteiger partial charge in [-0.15, -0.1) is 0 Å². The zero-order valence-corrected chi connectivity index (χ0v) is 16.7. The van der Waals surface area contributed by atoms with Gasteiger partial charge in [0.15, 0.2) is 0 Å². The summed E-state index contributed by atoms with van der Waals surface area (Å²) in [6, 6.07) is 17.0. The largest absolute Gasteiger partial charge is 0.457 e. The summed E-state index contributed by atoms with van der Waals surface area (Å²) in [4.78, 5) is 29.1. The molecule has 2 amide bonds. The predicted molar refractivity (Wildman–Crippen MR) is 111 cm³/mol. The van der Waals surface area contributed by atoms with Gasteiger partial charge in [-0.05, 0) is 56.2 Å². The van der Waals surface area contributed by atoms with Crippen LogP contribution >= 0.6 is 0 Å². The summed E-state index contributed by atoms with van der Waals surface area (Å²) >= 11 is 0. The standard InChI is InChI=1S/C23H27N3O3/c1-17(22(27)24-19-9-10-19)25-13-15-26(16-14-25)23(28)18-7-11-21(12-8-18)29-20-5-3-2-4-6-20/h2-8,11-12,17,19H,9-10,13-16H2,1H3,(H,24,27). The van der Waals surface area contributed by atoms with Crippen molar-refractivity contribution in [1.29, 1.82) is 0 Å². The van der Waals surface area contributed by atoms with Crippen LogP contribution in [0.2, 0.25) is 0 Å². The van der Waals surface area contributed by atoms with E-state index in [-0.39, 0.29) is 17.9 Å². The summed E-state index contributed by atoms with van der Waals surface area (Å²) in [7, 11) is 0. The lowest BCUT2D eigenvalue weighted by Gasteiger charge is -2.37. The fourth-order valence-electron chi connectivity index (χ4n) is 3.50. The van der Waals surface area contributed by atoms with Gasteiger partial charge in [-0.25, -0.2) is 0 Å². The number of amides is 2. The van der Waals surface area contributed by atoms with Crippen molar-refractivity contribution in [2.24, 2.45) is 0 Å². The van der Waals surface area contributed by atoms with Crippen LogP contribution in [-0.4, -0.2) is 59.9 Å². The summed E-state index contributed by atoms with van der Waals surface area (Å²) in [5.74, 6) is 1.59. The Kier molecular flexibility index (Phi) is 5.81. The van der Waals surface area contributed by atoms with E-state index in [0.29, 0.717) is 43.5 Å². The number of hydrogen-bond acceptors (Lipinski definition) is 4. The van der Waals surface area contributed by atoms with Gasteiger partial charge >= 0.3 is 0 Å². The van der Waals surface area contributed by atoms with Crippen LogP contribution in [0, 0.1) is 0 Å². The number of nitrogens with one attached hydrogen (secondary N) is 1. The van der Waals surface area contributed by atoms with E-state index in [9.17, 15) is 9.59 Å². The molecule has 1 saturated carbocycles. The highest BCUT2D eigenvalue weighted by Gasteiger charge is 2.31. The van der Waals surface area contributed by atoms with Crippen LogP contribution < -0.4 is 10.1 Å². The lowest BCUT2D eigenvalue weighted by Crippen LogP contribution is -2.55. The van der Waals surface area contributed by atoms with Gasteiger partial charge in [-0.3, -0.25) is 14.5 Å². The quantitative estimate of drug-likeness (QED) is 0.820. The molecule has 2 fully saturated rings. The van der Waals surface area contributed by atoms with Crippen molar-refractivity contribution in [3.63, 3.8) is 0 Å². The monoisotopic (exact) mass is 393 g/mol. The molecule has 0 bridgehead atoms. The molecule has 1 aliphatic carbocycles.